The number of nitrogens with two attached hydrogens (primary N) is 1. The van der Waals surface area contributed by atoms with E-state index >= 15 is 0 Å². The van der Waals surface area contributed by atoms with Crippen molar-refractivity contribution in [2.24, 2.45) is 5.73 Å². The van der Waals surface area contributed by atoms with Gasteiger partial charge in [-0.25, -0.2) is 8.78 Å². The predicted molar refractivity (Wildman–Crippen MR) is 75.8 cm³/mol. The normalized spacial score (nSPS) is 12.2. The molecule has 1 unspecified atom stereocenters. The van der Waals surface area contributed by atoms with Crippen LogP contribution in [0, 0.1) is 0 Å². The van der Waals surface area contributed by atoms with Crippen LogP contribution in [0.5, 0.6) is 0 Å². The van der Waals surface area contributed by atoms with Crippen LogP contribution in [0.25, 0.3) is 0 Å². The molecule has 0 radical (unpaired) electrons. The minimum absolute atomic E-state index is 0.00885. The van der Waals surface area contributed by atoms with Gasteiger partial charge in [0.2, 0.25) is 5.91 Å². The van der Waals surface area contributed by atoms with E-state index < -0.39 is 19.0 Å². The summed E-state index contributed by atoms with van der Waals surface area (Å²) in [4.78, 5) is 12.1. The molecule has 1 amide bonds. The molecule has 1 aromatic carbocycles. The summed E-state index contributed by atoms with van der Waals surface area (Å²) in [6.45, 7) is -0.514. The van der Waals surface area contributed by atoms with E-state index in [1.165, 1.54) is 0 Å². The molecule has 0 aliphatic carbocycles. The number of alkyl halides is 2. The molecule has 110 valence electrons. The lowest BCUT2D eigenvalue weighted by atomic mass is 9.98. The van der Waals surface area contributed by atoms with Crippen LogP contribution in [0.4, 0.5) is 8.78 Å². The fourth-order valence-corrected chi connectivity index (χ4v) is 1.85. The summed E-state index contributed by atoms with van der Waals surface area (Å²) in [5, 5.41) is 2.56. The zero-order valence-corrected chi connectivity index (χ0v) is 11.5. The van der Waals surface area contributed by atoms with Crippen molar-refractivity contribution >= 4 is 23.1 Å². The number of thiocarbonyl (C=S) groups is 1. The number of benzene rings is 1. The summed E-state index contributed by atoms with van der Waals surface area (Å²) in [5.74, 6) is -1.11. The SMILES string of the molecule is NC(=S)C(C(=O)NCCOCC(F)F)c1ccccc1. The van der Waals surface area contributed by atoms with Crippen LogP contribution in [0.15, 0.2) is 30.3 Å². The van der Waals surface area contributed by atoms with E-state index in [0.717, 1.165) is 0 Å². The Bertz CT molecular complexity index is 443. The summed E-state index contributed by atoms with van der Waals surface area (Å²) >= 11 is 4.90. The van der Waals surface area contributed by atoms with Gasteiger partial charge in [0.25, 0.3) is 6.43 Å². The van der Waals surface area contributed by atoms with E-state index in [1.54, 1.807) is 24.3 Å². The molecule has 0 spiro atoms. The van der Waals surface area contributed by atoms with Crippen LogP contribution in [-0.2, 0) is 9.53 Å². The first-order valence-corrected chi connectivity index (χ1v) is 6.41. The summed E-state index contributed by atoms with van der Waals surface area (Å²) in [6.07, 6.45) is -2.51. The number of carbonyl (C=O) groups is 1. The topological polar surface area (TPSA) is 64.4 Å². The van der Waals surface area contributed by atoms with Crippen LogP contribution in [0.1, 0.15) is 11.5 Å². The quantitative estimate of drug-likeness (QED) is 0.563. The predicted octanol–water partition coefficient (Wildman–Crippen LogP) is 1.45. The van der Waals surface area contributed by atoms with Crippen molar-refractivity contribution in [1.82, 2.24) is 5.32 Å². The van der Waals surface area contributed by atoms with Crippen LogP contribution < -0.4 is 11.1 Å². The molecule has 0 aliphatic heterocycles. The Kier molecular flexibility index (Phi) is 7.03. The first-order valence-electron chi connectivity index (χ1n) is 6.00. The summed E-state index contributed by atoms with van der Waals surface area (Å²) in [6, 6.07) is 8.86. The van der Waals surface area contributed by atoms with Gasteiger partial charge >= 0.3 is 0 Å². The van der Waals surface area contributed by atoms with Crippen molar-refractivity contribution in [3.63, 3.8) is 0 Å². The second-order valence-electron chi connectivity index (χ2n) is 4.00. The molecule has 3 N–H and O–H groups in total. The monoisotopic (exact) mass is 302 g/mol. The Balaban J connectivity index is 2.48. The van der Waals surface area contributed by atoms with E-state index in [0.29, 0.717) is 5.56 Å². The molecule has 1 rings (SSSR count). The van der Waals surface area contributed by atoms with E-state index in [1.807, 2.05) is 6.07 Å². The lowest BCUT2D eigenvalue weighted by molar-refractivity contribution is -0.121. The van der Waals surface area contributed by atoms with Crippen LogP contribution in [-0.4, -0.2) is 37.1 Å². The Hall–Kier alpha value is -1.60. The van der Waals surface area contributed by atoms with Crippen molar-refractivity contribution in [1.29, 1.82) is 0 Å². The Morgan fingerprint density at radius 3 is 2.55 bits per heavy atom. The molecule has 0 heterocycles. The maximum Gasteiger partial charge on any atom is 0.261 e. The van der Waals surface area contributed by atoms with Gasteiger partial charge in [-0.1, -0.05) is 42.5 Å². The number of hydrogen-bond donors (Lipinski definition) is 2. The van der Waals surface area contributed by atoms with Crippen LogP contribution in [0.3, 0.4) is 0 Å². The zero-order chi connectivity index (χ0) is 15.0. The lowest BCUT2D eigenvalue weighted by Gasteiger charge is -2.16. The minimum Gasteiger partial charge on any atom is -0.392 e. The fraction of sp³-hybridized carbons (Fsp3) is 0.385. The van der Waals surface area contributed by atoms with E-state index in [4.69, 9.17) is 18.0 Å². The number of rotatable bonds is 8. The maximum atomic E-state index is 12.0. The van der Waals surface area contributed by atoms with Crippen molar-refractivity contribution < 1.29 is 18.3 Å². The summed E-state index contributed by atoms with van der Waals surface area (Å²) in [7, 11) is 0. The Morgan fingerprint density at radius 1 is 1.35 bits per heavy atom. The molecule has 1 aromatic rings. The summed E-state index contributed by atoms with van der Waals surface area (Å²) < 4.78 is 28.3. The molecular formula is C13H16F2N2O2S. The number of hydrogen-bond acceptors (Lipinski definition) is 3. The average Bonchev–Trinajstić information content (AvgIpc) is 2.39. The molecule has 7 heteroatoms. The Labute approximate surface area is 121 Å². The second kappa shape index (κ2) is 8.55. The van der Waals surface area contributed by atoms with E-state index in [-0.39, 0.29) is 24.0 Å². The molecule has 0 saturated heterocycles. The number of halogens is 2. The highest BCUT2D eigenvalue weighted by Gasteiger charge is 2.22. The van der Waals surface area contributed by atoms with Crippen molar-refractivity contribution in [3.8, 4) is 0 Å². The van der Waals surface area contributed by atoms with Gasteiger partial charge in [-0.2, -0.15) is 0 Å². The van der Waals surface area contributed by atoms with Gasteiger partial charge < -0.3 is 15.8 Å². The number of nitrogens with one attached hydrogen (secondary N) is 1. The third-order valence-corrected chi connectivity index (χ3v) is 2.70. The number of ether oxygens (including phenoxy) is 1. The van der Waals surface area contributed by atoms with Gasteiger partial charge in [-0.3, -0.25) is 4.79 Å². The molecular weight excluding hydrogens is 286 g/mol. The van der Waals surface area contributed by atoms with Gasteiger partial charge in [-0.05, 0) is 5.56 Å². The largest absolute Gasteiger partial charge is 0.392 e. The van der Waals surface area contributed by atoms with Crippen LogP contribution >= 0.6 is 12.2 Å². The van der Waals surface area contributed by atoms with Gasteiger partial charge in [0.1, 0.15) is 12.5 Å². The minimum atomic E-state index is -2.51. The number of carbonyl (C=O) groups excluding carboxylic acids is 1. The van der Waals surface area contributed by atoms with Gasteiger partial charge in [0.05, 0.1) is 11.6 Å². The highest BCUT2D eigenvalue weighted by atomic mass is 32.1. The zero-order valence-electron chi connectivity index (χ0n) is 10.7. The van der Waals surface area contributed by atoms with E-state index in [2.05, 4.69) is 10.1 Å². The third-order valence-electron chi connectivity index (χ3n) is 2.47. The highest BCUT2D eigenvalue weighted by molar-refractivity contribution is 7.80. The fourth-order valence-electron chi connectivity index (χ4n) is 1.61. The molecule has 0 saturated carbocycles. The second-order valence-corrected chi connectivity index (χ2v) is 4.47. The molecule has 0 bridgehead atoms. The van der Waals surface area contributed by atoms with Crippen LogP contribution in [0.2, 0.25) is 0 Å². The third kappa shape index (κ3) is 5.58. The molecule has 4 nitrogen and oxygen atoms in total. The van der Waals surface area contributed by atoms with Crippen molar-refractivity contribution in [2.75, 3.05) is 19.8 Å². The molecule has 0 aliphatic rings. The first kappa shape index (κ1) is 16.5. The van der Waals surface area contributed by atoms with Crippen molar-refractivity contribution in [2.45, 2.75) is 12.3 Å². The molecule has 0 aromatic heterocycles. The highest BCUT2D eigenvalue weighted by Crippen LogP contribution is 2.15. The molecule has 1 atom stereocenters. The number of amides is 1. The standard InChI is InChI=1S/C13H16F2N2O2S/c14-10(15)8-19-7-6-17-13(18)11(12(16)20)9-4-2-1-3-5-9/h1-5,10-11H,6-8H2,(H2,16,20)(H,17,18). The average molecular weight is 302 g/mol. The Morgan fingerprint density at radius 2 is 2.00 bits per heavy atom. The smallest absolute Gasteiger partial charge is 0.261 e. The lowest BCUT2D eigenvalue weighted by Crippen LogP contribution is -2.37. The summed E-state index contributed by atoms with van der Waals surface area (Å²) in [5.41, 5.74) is 6.27. The molecule has 20 heavy (non-hydrogen) atoms. The van der Waals surface area contributed by atoms with Gasteiger partial charge in [0.15, 0.2) is 0 Å². The first-order chi connectivity index (χ1) is 9.52. The maximum absolute atomic E-state index is 12.0. The molecule has 0 fully saturated rings. The van der Waals surface area contributed by atoms with Gasteiger partial charge in [0, 0.05) is 6.54 Å². The van der Waals surface area contributed by atoms with E-state index in [9.17, 15) is 13.6 Å². The van der Waals surface area contributed by atoms with Crippen molar-refractivity contribution in [3.05, 3.63) is 35.9 Å². The van der Waals surface area contributed by atoms with Gasteiger partial charge in [-0.15, -0.1) is 0 Å².